The summed E-state index contributed by atoms with van der Waals surface area (Å²) in [6, 6.07) is 7.55. The van der Waals surface area contributed by atoms with E-state index in [4.69, 9.17) is 11.6 Å². The second-order valence-electron chi connectivity index (χ2n) is 5.97. The van der Waals surface area contributed by atoms with Crippen molar-refractivity contribution in [2.75, 3.05) is 13.1 Å². The average molecular weight is 337 g/mol. The Labute approximate surface area is 140 Å². The maximum atomic E-state index is 10.5. The lowest BCUT2D eigenvalue weighted by Crippen LogP contribution is -2.35. The molecule has 22 heavy (non-hydrogen) atoms. The van der Waals surface area contributed by atoms with Gasteiger partial charge in [0.15, 0.2) is 0 Å². The zero-order chi connectivity index (χ0) is 15.5. The van der Waals surface area contributed by atoms with E-state index in [0.717, 1.165) is 43.0 Å². The third-order valence-electron chi connectivity index (χ3n) is 4.34. The van der Waals surface area contributed by atoms with Crippen LogP contribution in [-0.2, 0) is 6.54 Å². The first kappa shape index (κ1) is 15.9. The third-order valence-corrected chi connectivity index (χ3v) is 5.42. The Morgan fingerprint density at radius 3 is 2.59 bits per heavy atom. The summed E-state index contributed by atoms with van der Waals surface area (Å²) >= 11 is 7.61. The second kappa shape index (κ2) is 7.09. The molecule has 2 heterocycles. The van der Waals surface area contributed by atoms with Crippen molar-refractivity contribution in [2.45, 2.75) is 32.4 Å². The Hall–Kier alpha value is -0.940. The van der Waals surface area contributed by atoms with Gasteiger partial charge < -0.3 is 5.11 Å². The number of hydrogen-bond acceptors (Lipinski definition) is 4. The van der Waals surface area contributed by atoms with Gasteiger partial charge in [-0.15, -0.1) is 11.3 Å². The molecule has 3 nitrogen and oxygen atoms in total. The molecule has 1 saturated heterocycles. The Balaban J connectivity index is 1.53. The van der Waals surface area contributed by atoms with Crippen LogP contribution in [0.5, 0.6) is 0 Å². The molecule has 1 aromatic heterocycles. The van der Waals surface area contributed by atoms with Crippen molar-refractivity contribution >= 4 is 22.9 Å². The minimum atomic E-state index is -0.388. The molecule has 1 atom stereocenters. The number of nitrogens with zero attached hydrogens (tertiary/aromatic N) is 2. The van der Waals surface area contributed by atoms with Crippen LogP contribution in [0.1, 0.15) is 35.2 Å². The van der Waals surface area contributed by atoms with E-state index in [-0.39, 0.29) is 6.10 Å². The Kier molecular flexibility index (Phi) is 5.14. The molecule has 1 N–H and O–H groups in total. The molecular weight excluding hydrogens is 316 g/mol. The van der Waals surface area contributed by atoms with Gasteiger partial charge >= 0.3 is 0 Å². The monoisotopic (exact) mass is 336 g/mol. The first-order valence-electron chi connectivity index (χ1n) is 7.69. The van der Waals surface area contributed by atoms with Crippen molar-refractivity contribution in [3.8, 4) is 0 Å². The predicted octanol–water partition coefficient (Wildman–Crippen LogP) is 4.05. The van der Waals surface area contributed by atoms with Gasteiger partial charge in [0.2, 0.25) is 0 Å². The predicted molar refractivity (Wildman–Crippen MR) is 91.3 cm³/mol. The number of likely N-dealkylation sites (tertiary alicyclic amines) is 1. The van der Waals surface area contributed by atoms with Crippen molar-refractivity contribution < 1.29 is 5.11 Å². The van der Waals surface area contributed by atoms with Crippen molar-refractivity contribution in [1.82, 2.24) is 9.88 Å². The summed E-state index contributed by atoms with van der Waals surface area (Å²) in [7, 11) is 0. The molecule has 0 saturated carbocycles. The molecule has 1 aliphatic heterocycles. The molecule has 0 spiro atoms. The van der Waals surface area contributed by atoms with Crippen LogP contribution in [-0.4, -0.2) is 28.1 Å². The highest BCUT2D eigenvalue weighted by Crippen LogP contribution is 2.31. The van der Waals surface area contributed by atoms with Gasteiger partial charge in [0.1, 0.15) is 0 Å². The summed E-state index contributed by atoms with van der Waals surface area (Å²) < 4.78 is 0. The topological polar surface area (TPSA) is 36.4 Å². The van der Waals surface area contributed by atoms with E-state index in [1.54, 1.807) is 11.3 Å². The van der Waals surface area contributed by atoms with Crippen LogP contribution >= 0.6 is 22.9 Å². The highest BCUT2D eigenvalue weighted by Gasteiger charge is 2.26. The zero-order valence-corrected chi connectivity index (χ0v) is 14.3. The first-order chi connectivity index (χ1) is 10.6. The number of aromatic nitrogens is 1. The molecule has 1 aromatic carbocycles. The number of piperidine rings is 1. The Bertz CT molecular complexity index is 605. The minimum absolute atomic E-state index is 0.328. The highest BCUT2D eigenvalue weighted by molar-refractivity contribution is 7.09. The summed E-state index contributed by atoms with van der Waals surface area (Å²) in [5.41, 5.74) is 2.14. The highest BCUT2D eigenvalue weighted by atomic mass is 35.5. The SMILES string of the molecule is Cc1nc(CN2CCC(C(O)c3ccc(Cl)cc3)CC2)cs1. The fourth-order valence-electron chi connectivity index (χ4n) is 3.07. The lowest BCUT2D eigenvalue weighted by molar-refractivity contribution is 0.0565. The van der Waals surface area contributed by atoms with Crippen LogP contribution in [0.4, 0.5) is 0 Å². The van der Waals surface area contributed by atoms with Gasteiger partial charge in [0.05, 0.1) is 16.8 Å². The normalized spacial score (nSPS) is 18.5. The zero-order valence-electron chi connectivity index (χ0n) is 12.7. The van der Waals surface area contributed by atoms with Crippen LogP contribution in [0.25, 0.3) is 0 Å². The first-order valence-corrected chi connectivity index (χ1v) is 8.94. The van der Waals surface area contributed by atoms with E-state index in [1.807, 2.05) is 31.2 Å². The Morgan fingerprint density at radius 2 is 2.00 bits per heavy atom. The standard InChI is InChI=1S/C17H21ClN2OS/c1-12-19-16(11-22-12)10-20-8-6-14(7-9-20)17(21)13-2-4-15(18)5-3-13/h2-5,11,14,17,21H,6-10H2,1H3. The van der Waals surface area contributed by atoms with E-state index in [9.17, 15) is 5.11 Å². The molecule has 0 radical (unpaired) electrons. The van der Waals surface area contributed by atoms with Crippen LogP contribution in [0.3, 0.4) is 0 Å². The molecule has 5 heteroatoms. The molecule has 1 unspecified atom stereocenters. The van der Waals surface area contributed by atoms with E-state index in [1.165, 1.54) is 5.69 Å². The molecule has 1 fully saturated rings. The van der Waals surface area contributed by atoms with E-state index >= 15 is 0 Å². The summed E-state index contributed by atoms with van der Waals surface area (Å²) in [5, 5.41) is 14.5. The number of aliphatic hydroxyl groups excluding tert-OH is 1. The van der Waals surface area contributed by atoms with Gasteiger partial charge in [-0.2, -0.15) is 0 Å². The van der Waals surface area contributed by atoms with Gasteiger partial charge in [-0.3, -0.25) is 4.90 Å². The number of thiazole rings is 1. The molecule has 0 bridgehead atoms. The molecule has 118 valence electrons. The van der Waals surface area contributed by atoms with Crippen molar-refractivity contribution in [1.29, 1.82) is 0 Å². The molecule has 0 amide bonds. The van der Waals surface area contributed by atoms with E-state index < -0.39 is 0 Å². The number of hydrogen-bond donors (Lipinski definition) is 1. The lowest BCUT2D eigenvalue weighted by atomic mass is 9.87. The molecule has 1 aliphatic rings. The largest absolute Gasteiger partial charge is 0.388 e. The Morgan fingerprint density at radius 1 is 1.32 bits per heavy atom. The van der Waals surface area contributed by atoms with Crippen LogP contribution in [0.2, 0.25) is 5.02 Å². The summed E-state index contributed by atoms with van der Waals surface area (Å²) in [6.45, 7) is 5.01. The van der Waals surface area contributed by atoms with Crippen LogP contribution in [0, 0.1) is 12.8 Å². The lowest BCUT2D eigenvalue weighted by Gasteiger charge is -2.34. The smallest absolute Gasteiger partial charge is 0.0897 e. The summed E-state index contributed by atoms with van der Waals surface area (Å²) in [6.07, 6.45) is 1.65. The maximum absolute atomic E-state index is 10.5. The average Bonchev–Trinajstić information content (AvgIpc) is 2.93. The van der Waals surface area contributed by atoms with Crippen molar-refractivity contribution in [3.63, 3.8) is 0 Å². The maximum Gasteiger partial charge on any atom is 0.0897 e. The van der Waals surface area contributed by atoms with Crippen molar-refractivity contribution in [3.05, 3.63) is 50.9 Å². The number of benzene rings is 1. The summed E-state index contributed by atoms with van der Waals surface area (Å²) in [5.74, 6) is 0.328. The molecule has 3 rings (SSSR count). The van der Waals surface area contributed by atoms with Gasteiger partial charge in [0, 0.05) is 16.9 Å². The molecule has 2 aromatic rings. The van der Waals surface area contributed by atoms with Crippen LogP contribution < -0.4 is 0 Å². The third kappa shape index (κ3) is 3.87. The quantitative estimate of drug-likeness (QED) is 0.915. The molecule has 0 aliphatic carbocycles. The van der Waals surface area contributed by atoms with Gasteiger partial charge in [-0.25, -0.2) is 4.98 Å². The number of rotatable bonds is 4. The van der Waals surface area contributed by atoms with Gasteiger partial charge in [-0.1, -0.05) is 23.7 Å². The van der Waals surface area contributed by atoms with E-state index in [2.05, 4.69) is 15.3 Å². The van der Waals surface area contributed by atoms with Gasteiger partial charge in [-0.05, 0) is 56.5 Å². The minimum Gasteiger partial charge on any atom is -0.388 e. The fraction of sp³-hybridized carbons (Fsp3) is 0.471. The summed E-state index contributed by atoms with van der Waals surface area (Å²) in [4.78, 5) is 6.96. The number of aryl methyl sites for hydroxylation is 1. The fourth-order valence-corrected chi connectivity index (χ4v) is 3.80. The number of halogens is 1. The van der Waals surface area contributed by atoms with Gasteiger partial charge in [0.25, 0.3) is 0 Å². The second-order valence-corrected chi connectivity index (χ2v) is 7.47. The van der Waals surface area contributed by atoms with Crippen LogP contribution in [0.15, 0.2) is 29.6 Å². The van der Waals surface area contributed by atoms with E-state index in [0.29, 0.717) is 10.9 Å². The molecular formula is C17H21ClN2OS. The van der Waals surface area contributed by atoms with Crippen molar-refractivity contribution in [2.24, 2.45) is 5.92 Å². The number of aliphatic hydroxyl groups is 1.